The van der Waals surface area contributed by atoms with E-state index in [2.05, 4.69) is 17.5 Å². The first-order valence-corrected chi connectivity index (χ1v) is 8.91. The van der Waals surface area contributed by atoms with Gasteiger partial charge in [0.15, 0.2) is 0 Å². The third kappa shape index (κ3) is 3.39. The van der Waals surface area contributed by atoms with E-state index >= 15 is 0 Å². The number of amides is 2. The first-order chi connectivity index (χ1) is 12.8. The number of hydrogen-bond donors (Lipinski definition) is 2. The normalized spacial score (nSPS) is 29.4. The lowest BCUT2D eigenvalue weighted by Crippen LogP contribution is -2.63. The number of allylic oxidation sites excluding steroid dienone is 2. The summed E-state index contributed by atoms with van der Waals surface area (Å²) in [6.45, 7) is 0. The van der Waals surface area contributed by atoms with Gasteiger partial charge in [-0.3, -0.25) is 19.5 Å². The first kappa shape index (κ1) is 23.4. The highest BCUT2D eigenvalue weighted by Crippen LogP contribution is 2.54. The van der Waals surface area contributed by atoms with Crippen LogP contribution in [0.25, 0.3) is 0 Å². The van der Waals surface area contributed by atoms with E-state index in [1.165, 1.54) is 0 Å². The molecule has 1 heterocycles. The molecular formula is C13H10F9NO5S. The van der Waals surface area contributed by atoms with Crippen molar-refractivity contribution in [2.24, 2.45) is 23.7 Å². The summed E-state index contributed by atoms with van der Waals surface area (Å²) in [6.07, 6.45) is -1.95. The molecule has 1 aliphatic heterocycles. The highest BCUT2D eigenvalue weighted by molar-refractivity contribution is 7.87. The van der Waals surface area contributed by atoms with Crippen LogP contribution in [0.4, 0.5) is 39.5 Å². The second kappa shape index (κ2) is 6.58. The standard InChI is InChI=1S/C9H9NO2.C4HF9O3S/c11-8-6-4-1-2-5(3-4)7(6)9(12)10-8;5-1(6,3(9,10)11)2(7,8)4(12,13)17(14,15)16/h1-2,4-7H,3H2,(H,10,11,12);(H,14,15,16). The number of alkyl halides is 9. The van der Waals surface area contributed by atoms with Crippen LogP contribution in [0.5, 0.6) is 0 Å². The number of carbonyl (C=O) groups excluding carboxylic acids is 2. The van der Waals surface area contributed by atoms with E-state index < -0.39 is 33.4 Å². The first-order valence-electron chi connectivity index (χ1n) is 7.47. The molecule has 0 aromatic rings. The van der Waals surface area contributed by atoms with Crippen LogP contribution in [0.3, 0.4) is 0 Å². The Morgan fingerprint density at radius 3 is 1.52 bits per heavy atom. The number of imide groups is 1. The zero-order valence-corrected chi connectivity index (χ0v) is 14.4. The average molecular weight is 463 g/mol. The lowest BCUT2D eigenvalue weighted by Gasteiger charge is -2.31. The number of hydrogen-bond acceptors (Lipinski definition) is 4. The van der Waals surface area contributed by atoms with Crippen LogP contribution in [0.1, 0.15) is 6.42 Å². The topological polar surface area (TPSA) is 101 Å². The van der Waals surface area contributed by atoms with E-state index in [9.17, 15) is 57.5 Å². The van der Waals surface area contributed by atoms with Crippen molar-refractivity contribution < 1.29 is 62.1 Å². The van der Waals surface area contributed by atoms with Crippen LogP contribution < -0.4 is 5.32 Å². The molecule has 2 fully saturated rings. The number of carbonyl (C=O) groups is 2. The maximum absolute atomic E-state index is 12.2. The third-order valence-corrected chi connectivity index (χ3v) is 5.66. The Balaban J connectivity index is 0.000000216. The van der Waals surface area contributed by atoms with Gasteiger partial charge in [0.1, 0.15) is 0 Å². The fourth-order valence-electron chi connectivity index (χ4n) is 3.35. The molecule has 0 radical (unpaired) electrons. The SMILES string of the molecule is O=C1NC(=O)C2C3C=CC(C3)C12.O=S(=O)(O)C(F)(F)C(F)(F)C(F)(F)C(F)(F)F. The van der Waals surface area contributed by atoms with Gasteiger partial charge >= 0.3 is 33.4 Å². The van der Waals surface area contributed by atoms with Crippen molar-refractivity contribution in [2.75, 3.05) is 0 Å². The van der Waals surface area contributed by atoms with Crippen molar-refractivity contribution in [3.05, 3.63) is 12.2 Å². The van der Waals surface area contributed by atoms with Crippen LogP contribution in [0.2, 0.25) is 0 Å². The van der Waals surface area contributed by atoms with Crippen LogP contribution in [-0.4, -0.2) is 48.1 Å². The number of rotatable bonds is 3. The van der Waals surface area contributed by atoms with E-state index in [1.54, 1.807) is 0 Å². The molecule has 2 bridgehead atoms. The van der Waals surface area contributed by atoms with Crippen LogP contribution in [0.15, 0.2) is 12.2 Å². The van der Waals surface area contributed by atoms with Gasteiger partial charge in [-0.2, -0.15) is 47.9 Å². The quantitative estimate of drug-likeness (QED) is 0.290. The molecule has 0 aromatic carbocycles. The molecule has 4 unspecified atom stereocenters. The Bertz CT molecular complexity index is 823. The van der Waals surface area contributed by atoms with E-state index in [-0.39, 0.29) is 23.7 Å². The summed E-state index contributed by atoms with van der Waals surface area (Å²) in [5.41, 5.74) is 0. The van der Waals surface area contributed by atoms with Gasteiger partial charge in [-0.25, -0.2) is 0 Å². The van der Waals surface area contributed by atoms with Gasteiger partial charge in [0, 0.05) is 0 Å². The van der Waals surface area contributed by atoms with Crippen LogP contribution in [0, 0.1) is 23.7 Å². The fourth-order valence-corrected chi connectivity index (χ4v) is 3.80. The highest BCUT2D eigenvalue weighted by Gasteiger charge is 2.85. The summed E-state index contributed by atoms with van der Waals surface area (Å²) in [7, 11) is -7.17. The largest absolute Gasteiger partial charge is 0.460 e. The molecule has 2 amide bonds. The summed E-state index contributed by atoms with van der Waals surface area (Å²) in [5.74, 6) is -14.2. The van der Waals surface area contributed by atoms with E-state index in [4.69, 9.17) is 4.55 Å². The van der Waals surface area contributed by atoms with Gasteiger partial charge in [-0.1, -0.05) is 12.2 Å². The molecule has 3 aliphatic rings. The van der Waals surface area contributed by atoms with E-state index in [0.29, 0.717) is 11.8 Å². The van der Waals surface area contributed by atoms with E-state index in [0.717, 1.165) is 6.42 Å². The number of halogens is 9. The molecule has 2 aliphatic carbocycles. The molecule has 0 aromatic heterocycles. The number of nitrogens with one attached hydrogen (secondary N) is 1. The summed E-state index contributed by atoms with van der Waals surface area (Å²) in [4.78, 5) is 22.6. The maximum Gasteiger partial charge on any atom is 0.460 e. The molecule has 0 spiro atoms. The Hall–Kier alpha value is -1.84. The Morgan fingerprint density at radius 2 is 1.21 bits per heavy atom. The van der Waals surface area contributed by atoms with Crippen molar-refractivity contribution in [1.82, 2.24) is 5.32 Å². The Labute approximate surface area is 155 Å². The summed E-state index contributed by atoms with van der Waals surface area (Å²) in [5, 5.41) is -4.60. The number of fused-ring (bicyclic) bond motifs is 5. The zero-order valence-electron chi connectivity index (χ0n) is 13.6. The minimum atomic E-state index is -7.37. The molecule has 3 rings (SSSR count). The minimum Gasteiger partial charge on any atom is -0.296 e. The lowest BCUT2D eigenvalue weighted by atomic mass is 9.85. The molecule has 16 heteroatoms. The van der Waals surface area contributed by atoms with Crippen molar-refractivity contribution in [3.8, 4) is 0 Å². The molecule has 1 saturated heterocycles. The van der Waals surface area contributed by atoms with Gasteiger partial charge in [0.2, 0.25) is 11.8 Å². The van der Waals surface area contributed by atoms with Crippen LogP contribution in [-0.2, 0) is 19.7 Å². The monoisotopic (exact) mass is 463 g/mol. The Kier molecular flexibility index (Phi) is 5.32. The van der Waals surface area contributed by atoms with Crippen molar-refractivity contribution in [3.63, 3.8) is 0 Å². The predicted molar refractivity (Wildman–Crippen MR) is 73.3 cm³/mol. The van der Waals surface area contributed by atoms with Crippen molar-refractivity contribution in [1.29, 1.82) is 0 Å². The molecule has 2 N–H and O–H groups in total. The molecule has 166 valence electrons. The van der Waals surface area contributed by atoms with Crippen LogP contribution >= 0.6 is 0 Å². The lowest BCUT2D eigenvalue weighted by molar-refractivity contribution is -0.382. The second-order valence-electron chi connectivity index (χ2n) is 6.49. The van der Waals surface area contributed by atoms with Gasteiger partial charge in [0.25, 0.3) is 0 Å². The predicted octanol–water partition coefficient (Wildman–Crippen LogP) is 2.38. The zero-order chi connectivity index (χ0) is 22.8. The summed E-state index contributed by atoms with van der Waals surface area (Å²) < 4.78 is 134. The molecule has 6 nitrogen and oxygen atoms in total. The summed E-state index contributed by atoms with van der Waals surface area (Å²) in [6, 6.07) is 0. The molecule has 29 heavy (non-hydrogen) atoms. The highest BCUT2D eigenvalue weighted by atomic mass is 32.2. The van der Waals surface area contributed by atoms with Crippen molar-refractivity contribution >= 4 is 21.9 Å². The minimum absolute atomic E-state index is 0.0347. The van der Waals surface area contributed by atoms with Gasteiger partial charge in [-0.05, 0) is 18.3 Å². The fraction of sp³-hybridized carbons (Fsp3) is 0.692. The van der Waals surface area contributed by atoms with Crippen molar-refractivity contribution in [2.45, 2.75) is 29.7 Å². The maximum atomic E-state index is 12.2. The van der Waals surface area contributed by atoms with E-state index in [1.807, 2.05) is 0 Å². The van der Waals surface area contributed by atoms with Gasteiger partial charge in [0.05, 0.1) is 11.8 Å². The average Bonchev–Trinajstić information content (AvgIpc) is 3.20. The molecular weight excluding hydrogens is 453 g/mol. The third-order valence-electron chi connectivity index (χ3n) is 4.75. The molecule has 4 atom stereocenters. The smallest absolute Gasteiger partial charge is 0.296 e. The van der Waals surface area contributed by atoms with Gasteiger partial charge < -0.3 is 0 Å². The molecule has 1 saturated carbocycles. The second-order valence-corrected chi connectivity index (χ2v) is 7.95. The Morgan fingerprint density at radius 1 is 0.828 bits per heavy atom. The van der Waals surface area contributed by atoms with Gasteiger partial charge in [-0.15, -0.1) is 0 Å². The summed E-state index contributed by atoms with van der Waals surface area (Å²) >= 11 is 0.